The molecule has 0 radical (unpaired) electrons. The van der Waals surface area contributed by atoms with Gasteiger partial charge in [-0.3, -0.25) is 4.79 Å². The van der Waals surface area contributed by atoms with Crippen LogP contribution in [0.1, 0.15) is 22.8 Å². The van der Waals surface area contributed by atoms with Gasteiger partial charge in [-0.1, -0.05) is 37.3 Å². The third kappa shape index (κ3) is 3.38. The van der Waals surface area contributed by atoms with Crippen LogP contribution in [0.2, 0.25) is 0 Å². The van der Waals surface area contributed by atoms with E-state index in [-0.39, 0.29) is 5.91 Å². The van der Waals surface area contributed by atoms with Crippen LogP contribution in [0.5, 0.6) is 0 Å². The van der Waals surface area contributed by atoms with E-state index in [4.69, 9.17) is 0 Å². The van der Waals surface area contributed by atoms with Crippen LogP contribution in [0.15, 0.2) is 53.4 Å². The van der Waals surface area contributed by atoms with Crippen molar-refractivity contribution >= 4 is 23.4 Å². The number of nitrogens with one attached hydrogen (secondary N) is 1. The minimum absolute atomic E-state index is 0.0535. The maximum atomic E-state index is 12.3. The highest BCUT2D eigenvalue weighted by Crippen LogP contribution is 2.27. The highest BCUT2D eigenvalue weighted by atomic mass is 32.2. The number of amides is 1. The minimum Gasteiger partial charge on any atom is -0.321 e. The van der Waals surface area contributed by atoms with E-state index in [0.29, 0.717) is 0 Å². The van der Waals surface area contributed by atoms with Crippen LogP contribution in [0.25, 0.3) is 0 Å². The van der Waals surface area contributed by atoms with E-state index in [9.17, 15) is 4.79 Å². The molecule has 0 aliphatic rings. The molecule has 1 amide bonds. The Bertz CT molecular complexity index is 580. The Kier molecular flexibility index (Phi) is 4.63. The Labute approximate surface area is 118 Å². The number of para-hydroxylation sites is 1. The van der Waals surface area contributed by atoms with E-state index in [1.807, 2.05) is 55.5 Å². The predicted octanol–water partition coefficient (Wildman–Crippen LogP) is 4.36. The number of rotatable bonds is 4. The monoisotopic (exact) mass is 271 g/mol. The van der Waals surface area contributed by atoms with Gasteiger partial charge in [0.25, 0.3) is 5.91 Å². The van der Waals surface area contributed by atoms with Crippen molar-refractivity contribution in [2.24, 2.45) is 0 Å². The van der Waals surface area contributed by atoms with Crippen LogP contribution in [0, 0.1) is 6.92 Å². The number of benzene rings is 2. The van der Waals surface area contributed by atoms with Crippen molar-refractivity contribution in [3.63, 3.8) is 0 Å². The summed E-state index contributed by atoms with van der Waals surface area (Å²) in [6.45, 7) is 4.05. The van der Waals surface area contributed by atoms with Gasteiger partial charge in [-0.25, -0.2) is 0 Å². The molecule has 0 saturated carbocycles. The lowest BCUT2D eigenvalue weighted by atomic mass is 10.1. The molecule has 1 N–H and O–H groups in total. The molecule has 98 valence electrons. The van der Waals surface area contributed by atoms with Crippen molar-refractivity contribution in [1.29, 1.82) is 0 Å². The third-order valence-electron chi connectivity index (χ3n) is 2.82. The first kappa shape index (κ1) is 13.7. The summed E-state index contributed by atoms with van der Waals surface area (Å²) in [5.41, 5.74) is 2.59. The van der Waals surface area contributed by atoms with E-state index in [0.717, 1.165) is 27.5 Å². The summed E-state index contributed by atoms with van der Waals surface area (Å²) in [7, 11) is 0. The maximum Gasteiger partial charge on any atom is 0.255 e. The molecular formula is C16H17NOS. The molecule has 0 bridgehead atoms. The second kappa shape index (κ2) is 6.43. The van der Waals surface area contributed by atoms with Crippen molar-refractivity contribution in [3.05, 3.63) is 59.7 Å². The molecule has 2 aromatic rings. The molecule has 0 fully saturated rings. The fourth-order valence-electron chi connectivity index (χ4n) is 1.87. The zero-order chi connectivity index (χ0) is 13.7. The SMILES string of the molecule is CCSc1ccccc1NC(=O)c1ccccc1C. The Morgan fingerprint density at radius 2 is 1.79 bits per heavy atom. The highest BCUT2D eigenvalue weighted by Gasteiger charge is 2.10. The average Bonchev–Trinajstić information content (AvgIpc) is 2.41. The molecule has 19 heavy (non-hydrogen) atoms. The van der Waals surface area contributed by atoms with Gasteiger partial charge in [-0.05, 0) is 36.4 Å². The van der Waals surface area contributed by atoms with Crippen molar-refractivity contribution in [2.75, 3.05) is 11.1 Å². The number of carbonyl (C=O) groups excluding carboxylic acids is 1. The van der Waals surface area contributed by atoms with Gasteiger partial charge in [0.1, 0.15) is 0 Å². The molecule has 0 saturated heterocycles. The highest BCUT2D eigenvalue weighted by molar-refractivity contribution is 7.99. The van der Waals surface area contributed by atoms with Gasteiger partial charge in [-0.15, -0.1) is 11.8 Å². The van der Waals surface area contributed by atoms with E-state index in [2.05, 4.69) is 12.2 Å². The molecule has 0 aliphatic heterocycles. The van der Waals surface area contributed by atoms with E-state index in [1.54, 1.807) is 11.8 Å². The Hall–Kier alpha value is -1.74. The lowest BCUT2D eigenvalue weighted by Gasteiger charge is -2.11. The Morgan fingerprint density at radius 1 is 1.11 bits per heavy atom. The fraction of sp³-hybridized carbons (Fsp3) is 0.188. The molecule has 0 aromatic heterocycles. The summed E-state index contributed by atoms with van der Waals surface area (Å²) in [5.74, 6) is 0.930. The second-order valence-corrected chi connectivity index (χ2v) is 5.50. The lowest BCUT2D eigenvalue weighted by Crippen LogP contribution is -2.13. The lowest BCUT2D eigenvalue weighted by molar-refractivity contribution is 0.102. The number of carbonyl (C=O) groups is 1. The summed E-state index contributed by atoms with van der Waals surface area (Å²) in [6, 6.07) is 15.5. The van der Waals surface area contributed by atoms with Gasteiger partial charge in [-0.2, -0.15) is 0 Å². The van der Waals surface area contributed by atoms with Crippen LogP contribution in [-0.4, -0.2) is 11.7 Å². The zero-order valence-electron chi connectivity index (χ0n) is 11.1. The van der Waals surface area contributed by atoms with Gasteiger partial charge < -0.3 is 5.32 Å². The fourth-order valence-corrected chi connectivity index (χ4v) is 2.63. The van der Waals surface area contributed by atoms with Crippen molar-refractivity contribution in [1.82, 2.24) is 0 Å². The van der Waals surface area contributed by atoms with Crippen molar-refractivity contribution in [3.8, 4) is 0 Å². The molecule has 0 spiro atoms. The Balaban J connectivity index is 2.22. The molecule has 0 unspecified atom stereocenters. The first-order valence-corrected chi connectivity index (χ1v) is 7.29. The van der Waals surface area contributed by atoms with Gasteiger partial charge in [0.05, 0.1) is 5.69 Å². The van der Waals surface area contributed by atoms with Gasteiger partial charge in [0, 0.05) is 10.5 Å². The molecular weight excluding hydrogens is 254 g/mol. The standard InChI is InChI=1S/C16H17NOS/c1-3-19-15-11-7-6-10-14(15)17-16(18)13-9-5-4-8-12(13)2/h4-11H,3H2,1-2H3,(H,17,18). The van der Waals surface area contributed by atoms with Crippen LogP contribution >= 0.6 is 11.8 Å². The van der Waals surface area contributed by atoms with Crippen LogP contribution in [0.3, 0.4) is 0 Å². The Morgan fingerprint density at radius 3 is 2.53 bits per heavy atom. The summed E-state index contributed by atoms with van der Waals surface area (Å²) in [5, 5.41) is 2.99. The first-order chi connectivity index (χ1) is 9.22. The number of aryl methyl sites for hydroxylation is 1. The predicted molar refractivity (Wildman–Crippen MR) is 82.0 cm³/mol. The van der Waals surface area contributed by atoms with Crippen LogP contribution in [-0.2, 0) is 0 Å². The number of hydrogen-bond donors (Lipinski definition) is 1. The third-order valence-corrected chi connectivity index (χ3v) is 3.78. The molecule has 3 heteroatoms. The topological polar surface area (TPSA) is 29.1 Å². The zero-order valence-corrected chi connectivity index (χ0v) is 12.0. The van der Waals surface area contributed by atoms with Crippen molar-refractivity contribution < 1.29 is 4.79 Å². The molecule has 0 atom stereocenters. The maximum absolute atomic E-state index is 12.3. The number of anilines is 1. The first-order valence-electron chi connectivity index (χ1n) is 6.31. The molecule has 2 aromatic carbocycles. The molecule has 0 aliphatic carbocycles. The van der Waals surface area contributed by atoms with E-state index < -0.39 is 0 Å². The minimum atomic E-state index is -0.0535. The summed E-state index contributed by atoms with van der Waals surface area (Å²) in [4.78, 5) is 13.4. The number of hydrogen-bond acceptors (Lipinski definition) is 2. The van der Waals surface area contributed by atoms with Gasteiger partial charge in [0.15, 0.2) is 0 Å². The molecule has 2 rings (SSSR count). The molecule has 0 heterocycles. The normalized spacial score (nSPS) is 10.2. The second-order valence-electron chi connectivity index (χ2n) is 4.20. The molecule has 2 nitrogen and oxygen atoms in total. The van der Waals surface area contributed by atoms with Crippen LogP contribution < -0.4 is 5.32 Å². The average molecular weight is 271 g/mol. The summed E-state index contributed by atoms with van der Waals surface area (Å²) in [6.07, 6.45) is 0. The van der Waals surface area contributed by atoms with Gasteiger partial charge >= 0.3 is 0 Å². The van der Waals surface area contributed by atoms with Crippen molar-refractivity contribution in [2.45, 2.75) is 18.7 Å². The smallest absolute Gasteiger partial charge is 0.255 e. The quantitative estimate of drug-likeness (QED) is 0.837. The van der Waals surface area contributed by atoms with E-state index in [1.165, 1.54) is 0 Å². The van der Waals surface area contributed by atoms with Crippen LogP contribution in [0.4, 0.5) is 5.69 Å². The largest absolute Gasteiger partial charge is 0.321 e. The van der Waals surface area contributed by atoms with E-state index >= 15 is 0 Å². The number of thioether (sulfide) groups is 1. The van der Waals surface area contributed by atoms with Gasteiger partial charge in [0.2, 0.25) is 0 Å². The summed E-state index contributed by atoms with van der Waals surface area (Å²) >= 11 is 1.73. The summed E-state index contributed by atoms with van der Waals surface area (Å²) < 4.78 is 0.